The van der Waals surface area contributed by atoms with Gasteiger partial charge in [0.25, 0.3) is 32.7 Å². The molecule has 6 saturated heterocycles. The van der Waals surface area contributed by atoms with Gasteiger partial charge in [-0.05, 0) is 248 Å². The van der Waals surface area contributed by atoms with Gasteiger partial charge >= 0.3 is 0 Å². The van der Waals surface area contributed by atoms with Crippen LogP contribution < -0.4 is 25.3 Å². The smallest absolute Gasteiger partial charge is 0.261 e. The van der Waals surface area contributed by atoms with E-state index in [9.17, 15) is 36.0 Å². The van der Waals surface area contributed by atoms with Gasteiger partial charge in [-0.2, -0.15) is 4.31 Å². The maximum Gasteiger partial charge on any atom is 0.261 e. The average molecular weight is 1740 g/mol. The molecule has 6 heterocycles. The highest BCUT2D eigenvalue weighted by Crippen LogP contribution is 2.40. The van der Waals surface area contributed by atoms with E-state index in [1.165, 1.54) is 138 Å². The summed E-state index contributed by atoms with van der Waals surface area (Å²) in [6.07, 6.45) is 24.5. The van der Waals surface area contributed by atoms with E-state index < -0.39 is 19.1 Å². The van der Waals surface area contributed by atoms with Crippen LogP contribution in [0.4, 0.5) is 17.1 Å². The molecule has 612 valence electrons. The largest absolute Gasteiger partial charge is 0.371 e. The number of nitrogens with zero attached hydrogens (tertiary/aromatic N) is 8. The summed E-state index contributed by atoms with van der Waals surface area (Å²) in [7, 11) is 12.0. The van der Waals surface area contributed by atoms with Crippen LogP contribution in [0.5, 0.6) is 0 Å². The molecule has 14 rings (SSSR count). The van der Waals surface area contributed by atoms with Crippen molar-refractivity contribution in [3.8, 4) is 0 Å². The normalized spacial score (nSPS) is 18.2. The Balaban J connectivity index is 0.000000162. The van der Waals surface area contributed by atoms with Crippen molar-refractivity contribution < 1.29 is 36.0 Å². The van der Waals surface area contributed by atoms with Crippen LogP contribution in [0.25, 0.3) is 0 Å². The molecule has 0 atom stereocenters. The maximum absolute atomic E-state index is 12.7. The number of anilines is 3. The zero-order chi connectivity index (χ0) is 80.8. The summed E-state index contributed by atoms with van der Waals surface area (Å²) in [6.45, 7) is 12.5. The lowest BCUT2D eigenvalue weighted by molar-refractivity contribution is 0.0820. The van der Waals surface area contributed by atoms with Gasteiger partial charge < -0.3 is 44.9 Å². The summed E-state index contributed by atoms with van der Waals surface area (Å²) in [6, 6.07) is 39.1. The van der Waals surface area contributed by atoms with Gasteiger partial charge in [-0.25, -0.2) is 16.8 Å². The predicted molar refractivity (Wildman–Crippen MR) is 464 cm³/mol. The van der Waals surface area contributed by atoms with Crippen molar-refractivity contribution in [1.82, 2.24) is 34.5 Å². The SMILES string of the molecule is C1CC(CC2CCNCC2)C1.CN(C)C(=O)c1ccc(Br)cc1Cl.CN(C)C(=O)c1ccc(N2CCC(CC3CCC3)CC2)cc1Cl.CN(C)C(=O)c1ccc(N2CCC(CC3CN(S(=O)(=O)c4ccccc4)C3)CC2)cc1Cl.CN(C)C(=O)c1ccc(N2CCC(CC3CNC3)CC2)cc1Cl.O=S(=O)(Cl)c1ccccc1. The number of halogens is 6. The number of hydrogen-bond donors (Lipinski definition) is 2. The van der Waals surface area contributed by atoms with Crippen LogP contribution in [0.2, 0.25) is 20.1 Å². The summed E-state index contributed by atoms with van der Waals surface area (Å²) < 4.78 is 49.0. The van der Waals surface area contributed by atoms with Gasteiger partial charge in [0.1, 0.15) is 0 Å². The zero-order valence-electron chi connectivity index (χ0n) is 66.5. The summed E-state index contributed by atoms with van der Waals surface area (Å²) >= 11 is 28.2. The Morgan fingerprint density at radius 2 is 0.688 bits per heavy atom. The minimum atomic E-state index is -3.53. The molecule has 112 heavy (non-hydrogen) atoms. The third kappa shape index (κ3) is 26.7. The number of hydrogen-bond acceptors (Lipinski definition) is 13. The fraction of sp³-hybridized carbons (Fsp3) is 0.535. The van der Waals surface area contributed by atoms with Crippen LogP contribution in [0.3, 0.4) is 0 Å². The minimum Gasteiger partial charge on any atom is -0.371 e. The van der Waals surface area contributed by atoms with Crippen LogP contribution in [0.1, 0.15) is 157 Å². The van der Waals surface area contributed by atoms with E-state index in [1.54, 1.807) is 138 Å². The Hall–Kier alpha value is -5.69. The highest BCUT2D eigenvalue weighted by Gasteiger charge is 2.39. The molecule has 2 saturated carbocycles. The van der Waals surface area contributed by atoms with Crippen molar-refractivity contribution in [2.75, 3.05) is 150 Å². The molecule has 26 heteroatoms. The highest BCUT2D eigenvalue weighted by molar-refractivity contribution is 9.10. The van der Waals surface area contributed by atoms with Crippen molar-refractivity contribution in [1.29, 1.82) is 0 Å². The van der Waals surface area contributed by atoms with Gasteiger partial charge in [0.05, 0.1) is 52.1 Å². The van der Waals surface area contributed by atoms with E-state index in [2.05, 4.69) is 41.3 Å². The maximum atomic E-state index is 12.7. The van der Waals surface area contributed by atoms with Crippen LogP contribution in [0.15, 0.2) is 148 Å². The number of amides is 4. The van der Waals surface area contributed by atoms with Gasteiger partial charge in [0, 0.05) is 141 Å². The standard InChI is InChI=1S/C24H30ClN3O3S.C19H27ClN2O.C18H26ClN3O.C10H19N.C9H9BrClNO.C6H5ClO2S/c1-26(2)24(29)22-9-8-20(15-23(22)25)27-12-10-18(11-13-27)14-19-16-28(17-19)32(30,31)21-6-4-3-5-7-21;1-21(2)19(23)17-7-6-16(13-18(17)20)22-10-8-15(9-11-22)12-14-4-3-5-14;1-21(2)18(23)16-4-3-15(10-17(16)19)22-7-5-13(6-8-22)9-14-11-20-12-14;1-2-9(3-1)8-10-4-6-11-7-5-10;1-12(2)9(13)7-4-3-6(10)5-8(7)11;7-10(8,9)6-4-2-1-3-5-6/h3-9,15,18-19H,10-14,16-17H2,1-2H3;6-7,13-15H,3-5,8-12H2,1-2H3;3-4,10,13-14,20H,5-9,11-12H2,1-2H3;9-11H,1-8H2;3-5H,1-2H3;1-5H. The molecule has 6 aliphatic heterocycles. The molecule has 0 radical (unpaired) electrons. The van der Waals surface area contributed by atoms with E-state index in [-0.39, 0.29) is 28.5 Å². The number of carbonyl (C=O) groups is 4. The topological polar surface area (TPSA) is 187 Å². The van der Waals surface area contributed by atoms with Crippen molar-refractivity contribution in [3.05, 3.63) is 180 Å². The van der Waals surface area contributed by atoms with Gasteiger partial charge in [-0.15, -0.1) is 0 Å². The number of carbonyl (C=O) groups excluding carboxylic acids is 4. The Morgan fingerprint density at radius 1 is 0.384 bits per heavy atom. The molecule has 0 aromatic heterocycles. The van der Waals surface area contributed by atoms with Crippen molar-refractivity contribution in [2.24, 2.45) is 47.3 Å². The van der Waals surface area contributed by atoms with Crippen molar-refractivity contribution in [2.45, 2.75) is 125 Å². The minimum absolute atomic E-state index is 0.0410. The van der Waals surface area contributed by atoms with E-state index >= 15 is 0 Å². The Kier molecular flexibility index (Phi) is 35.0. The third-order valence-corrected chi connectivity index (χ3v) is 28.0. The molecule has 8 aliphatic rings. The van der Waals surface area contributed by atoms with Gasteiger partial charge in [-0.1, -0.05) is 137 Å². The molecular formula is C86H116BrCl5N10O8S2. The Labute approximate surface area is 700 Å². The molecule has 6 aromatic rings. The molecule has 4 amide bonds. The second-order valence-electron chi connectivity index (χ2n) is 32.2. The van der Waals surface area contributed by atoms with Crippen LogP contribution in [-0.2, 0) is 19.1 Å². The summed E-state index contributed by atoms with van der Waals surface area (Å²) in [5.41, 5.74) is 5.53. The van der Waals surface area contributed by atoms with E-state index in [0.717, 1.165) is 116 Å². The first kappa shape index (κ1) is 90.2. The lowest BCUT2D eigenvalue weighted by atomic mass is 9.76. The zero-order valence-corrected chi connectivity index (χ0v) is 73.5. The van der Waals surface area contributed by atoms with Crippen molar-refractivity contribution >= 4 is 133 Å². The molecule has 2 N–H and O–H groups in total. The highest BCUT2D eigenvalue weighted by atomic mass is 79.9. The fourth-order valence-electron chi connectivity index (χ4n) is 15.7. The Morgan fingerprint density at radius 3 is 0.973 bits per heavy atom. The first-order valence-electron chi connectivity index (χ1n) is 39.8. The lowest BCUT2D eigenvalue weighted by Crippen LogP contribution is -2.50. The lowest BCUT2D eigenvalue weighted by Gasteiger charge is -2.41. The average Bonchev–Trinajstić information content (AvgIpc) is 0.777. The van der Waals surface area contributed by atoms with Gasteiger partial charge in [0.2, 0.25) is 10.0 Å². The molecule has 6 aromatic carbocycles. The number of piperidine rings is 4. The molecule has 0 spiro atoms. The molecular weight excluding hydrogens is 1620 g/mol. The number of nitrogens with one attached hydrogen (secondary N) is 2. The molecule has 0 bridgehead atoms. The number of rotatable bonds is 18. The van der Waals surface area contributed by atoms with Crippen LogP contribution >= 0.6 is 73.0 Å². The van der Waals surface area contributed by atoms with E-state index in [1.807, 2.05) is 60.7 Å². The second kappa shape index (κ2) is 43.5. The molecule has 18 nitrogen and oxygen atoms in total. The summed E-state index contributed by atoms with van der Waals surface area (Å²) in [5, 5.41) is 8.83. The van der Waals surface area contributed by atoms with Gasteiger partial charge in [-0.3, -0.25) is 19.2 Å². The van der Waals surface area contributed by atoms with Crippen LogP contribution in [-0.4, -0.2) is 199 Å². The molecule has 0 unspecified atom stereocenters. The van der Waals surface area contributed by atoms with Crippen molar-refractivity contribution in [3.63, 3.8) is 0 Å². The monoisotopic (exact) mass is 1730 g/mol. The Bertz CT molecular complexity index is 4160. The third-order valence-electron chi connectivity index (χ3n) is 23.0. The molecule has 2 aliphatic carbocycles. The number of sulfonamides is 1. The van der Waals surface area contributed by atoms with Crippen LogP contribution in [0, 0.1) is 47.3 Å². The first-order chi connectivity index (χ1) is 53.4. The fourth-order valence-corrected chi connectivity index (χ4v) is 19.6. The number of benzene rings is 6. The van der Waals surface area contributed by atoms with E-state index in [4.69, 9.17) is 57.1 Å². The second-order valence-corrected chi connectivity index (χ2v) is 39.3. The quantitative estimate of drug-likeness (QED) is 0.0775. The van der Waals surface area contributed by atoms with Gasteiger partial charge in [0.15, 0.2) is 0 Å². The predicted octanol–water partition coefficient (Wildman–Crippen LogP) is 17.9. The summed E-state index contributed by atoms with van der Waals surface area (Å²) in [5.74, 6) is 6.66. The first-order valence-corrected chi connectivity index (χ1v) is 45.9. The molecule has 8 fully saturated rings. The summed E-state index contributed by atoms with van der Waals surface area (Å²) in [4.78, 5) is 61.6. The van der Waals surface area contributed by atoms with E-state index in [0.29, 0.717) is 72.2 Å².